The number of carbonyl (C=O) groups excluding carboxylic acids is 3. The third kappa shape index (κ3) is 4.21. The van der Waals surface area contributed by atoms with Crippen LogP contribution >= 0.6 is 0 Å². The fraction of sp³-hybridized carbons (Fsp3) is 0.250. The number of hydrogen-bond acceptors (Lipinski definition) is 8. The molecular weight excluding hydrogens is 504 g/mol. The van der Waals surface area contributed by atoms with Crippen molar-refractivity contribution in [3.8, 4) is 11.5 Å². The predicted molar refractivity (Wildman–Crippen MR) is 140 cm³/mol. The van der Waals surface area contributed by atoms with Gasteiger partial charge in [0.25, 0.3) is 5.69 Å². The average Bonchev–Trinajstić information content (AvgIpc) is 2.94. The van der Waals surface area contributed by atoms with Crippen molar-refractivity contribution in [1.82, 2.24) is 10.2 Å². The van der Waals surface area contributed by atoms with E-state index in [-0.39, 0.29) is 18.7 Å². The van der Waals surface area contributed by atoms with Gasteiger partial charge < -0.3 is 14.4 Å². The van der Waals surface area contributed by atoms with E-state index in [0.29, 0.717) is 33.9 Å². The molecule has 1 spiro atoms. The first-order chi connectivity index (χ1) is 18.7. The molecule has 0 aliphatic carbocycles. The Hall–Kier alpha value is -4.93. The zero-order valence-corrected chi connectivity index (χ0v) is 21.5. The first-order valence-corrected chi connectivity index (χ1v) is 12.1. The van der Waals surface area contributed by atoms with Crippen LogP contribution in [-0.4, -0.2) is 48.9 Å². The molecule has 3 aromatic rings. The van der Waals surface area contributed by atoms with Gasteiger partial charge in [0.05, 0.1) is 31.7 Å². The van der Waals surface area contributed by atoms with Crippen molar-refractivity contribution in [3.05, 3.63) is 93.5 Å². The first kappa shape index (κ1) is 25.7. The summed E-state index contributed by atoms with van der Waals surface area (Å²) < 4.78 is 10.7. The number of fused-ring (bicyclic) bond motifs is 1. The van der Waals surface area contributed by atoms with E-state index in [1.165, 1.54) is 26.4 Å². The Kier molecular flexibility index (Phi) is 6.43. The highest BCUT2D eigenvalue weighted by Crippen LogP contribution is 2.51. The molecule has 0 bridgehead atoms. The number of amides is 4. The summed E-state index contributed by atoms with van der Waals surface area (Å²) in [6, 6.07) is 16.8. The van der Waals surface area contributed by atoms with E-state index in [0.717, 1.165) is 4.90 Å². The molecule has 2 atom stereocenters. The molecule has 0 saturated carbocycles. The fourth-order valence-electron chi connectivity index (χ4n) is 5.57. The SMILES string of the molecule is COc1cc(CN2C(=O)NC(=O)[C@@]3(Cc4cc([N+](=O)[O-])ccc4N(C)[C@H]3c3ccccc3)C2=O)cc(OC)c1. The molecule has 1 fully saturated rings. The normalized spacial score (nSPS) is 20.5. The number of carbonyl (C=O) groups is 3. The molecule has 11 nitrogen and oxygen atoms in total. The molecule has 11 heteroatoms. The number of nitrogens with zero attached hydrogens (tertiary/aromatic N) is 3. The highest BCUT2D eigenvalue weighted by atomic mass is 16.6. The molecule has 2 aliphatic heterocycles. The van der Waals surface area contributed by atoms with Crippen molar-refractivity contribution >= 4 is 29.2 Å². The van der Waals surface area contributed by atoms with E-state index >= 15 is 0 Å². The Bertz CT molecular complexity index is 1470. The number of urea groups is 1. The van der Waals surface area contributed by atoms with Gasteiger partial charge in [-0.1, -0.05) is 30.3 Å². The van der Waals surface area contributed by atoms with Gasteiger partial charge >= 0.3 is 6.03 Å². The van der Waals surface area contributed by atoms with Gasteiger partial charge in [-0.15, -0.1) is 0 Å². The van der Waals surface area contributed by atoms with Gasteiger partial charge in [-0.25, -0.2) is 4.79 Å². The summed E-state index contributed by atoms with van der Waals surface area (Å²) in [6.45, 7) is -0.153. The maximum Gasteiger partial charge on any atom is 0.331 e. The maximum atomic E-state index is 14.4. The Morgan fingerprint density at radius 3 is 2.28 bits per heavy atom. The molecule has 0 unspecified atom stereocenters. The number of barbiturate groups is 1. The summed E-state index contributed by atoms with van der Waals surface area (Å²) >= 11 is 0. The standard InChI is InChI=1S/C28H26N4O7/c1-30-23-10-9-20(32(36)37)13-19(23)15-28(24(30)18-7-5-4-6-8-18)25(33)29-27(35)31(26(28)34)16-17-11-21(38-2)14-22(12-17)39-3/h4-14,24H,15-16H2,1-3H3,(H,29,33,35)/t24-,28-/m0/s1. The lowest BCUT2D eigenvalue weighted by Crippen LogP contribution is -2.68. The molecule has 2 heterocycles. The molecule has 1 saturated heterocycles. The number of nitro benzene ring substituents is 1. The molecule has 0 aromatic heterocycles. The van der Waals surface area contributed by atoms with Crippen LogP contribution in [0.3, 0.4) is 0 Å². The Labute approximate surface area is 224 Å². The van der Waals surface area contributed by atoms with Gasteiger partial charge in [0.15, 0.2) is 5.41 Å². The topological polar surface area (TPSA) is 131 Å². The number of imide groups is 2. The second kappa shape index (κ2) is 9.75. The van der Waals surface area contributed by atoms with Gasteiger partial charge in [-0.3, -0.25) is 29.9 Å². The van der Waals surface area contributed by atoms with Crippen LogP contribution < -0.4 is 19.7 Å². The second-order valence-electron chi connectivity index (χ2n) is 9.51. The average molecular weight is 531 g/mol. The zero-order valence-electron chi connectivity index (χ0n) is 21.5. The largest absolute Gasteiger partial charge is 0.497 e. The Morgan fingerprint density at radius 1 is 1.00 bits per heavy atom. The highest BCUT2D eigenvalue weighted by molar-refractivity contribution is 6.20. The Balaban J connectivity index is 1.66. The molecule has 39 heavy (non-hydrogen) atoms. The van der Waals surface area contributed by atoms with Crippen molar-refractivity contribution in [1.29, 1.82) is 0 Å². The lowest BCUT2D eigenvalue weighted by Gasteiger charge is -2.51. The van der Waals surface area contributed by atoms with Gasteiger partial charge in [0, 0.05) is 37.4 Å². The lowest BCUT2D eigenvalue weighted by atomic mass is 9.66. The van der Waals surface area contributed by atoms with Crippen LogP contribution in [0.25, 0.3) is 0 Å². The van der Waals surface area contributed by atoms with E-state index in [4.69, 9.17) is 9.47 Å². The van der Waals surface area contributed by atoms with Crippen LogP contribution in [0.2, 0.25) is 0 Å². The minimum absolute atomic E-state index is 0.135. The van der Waals surface area contributed by atoms with Crippen molar-refractivity contribution in [3.63, 3.8) is 0 Å². The number of benzene rings is 3. The summed E-state index contributed by atoms with van der Waals surface area (Å²) in [6.07, 6.45) is -0.135. The van der Waals surface area contributed by atoms with Gasteiger partial charge in [-0.05, 0) is 34.9 Å². The molecule has 0 radical (unpaired) electrons. The zero-order chi connectivity index (χ0) is 27.9. The summed E-state index contributed by atoms with van der Waals surface area (Å²) in [7, 11) is 4.71. The highest BCUT2D eigenvalue weighted by Gasteiger charge is 2.62. The third-order valence-corrected chi connectivity index (χ3v) is 7.34. The van der Waals surface area contributed by atoms with E-state index < -0.39 is 34.2 Å². The number of nitro groups is 1. The predicted octanol–water partition coefficient (Wildman–Crippen LogP) is 3.61. The molecule has 3 aromatic carbocycles. The molecule has 1 N–H and O–H groups in total. The second-order valence-corrected chi connectivity index (χ2v) is 9.51. The molecule has 2 aliphatic rings. The monoisotopic (exact) mass is 530 g/mol. The number of non-ortho nitro benzene ring substituents is 1. The summed E-state index contributed by atoms with van der Waals surface area (Å²) in [5.41, 5.74) is 0.410. The van der Waals surface area contributed by atoms with Crippen LogP contribution in [-0.2, 0) is 22.6 Å². The van der Waals surface area contributed by atoms with Gasteiger partial charge in [-0.2, -0.15) is 0 Å². The lowest BCUT2D eigenvalue weighted by molar-refractivity contribution is -0.384. The van der Waals surface area contributed by atoms with E-state index in [9.17, 15) is 24.5 Å². The van der Waals surface area contributed by atoms with Crippen molar-refractivity contribution in [2.45, 2.75) is 19.0 Å². The van der Waals surface area contributed by atoms with E-state index in [1.54, 1.807) is 48.3 Å². The number of rotatable bonds is 6. The van der Waals surface area contributed by atoms with Crippen LogP contribution in [0, 0.1) is 15.5 Å². The quantitative estimate of drug-likeness (QED) is 0.291. The van der Waals surface area contributed by atoms with Crippen molar-refractivity contribution in [2.24, 2.45) is 5.41 Å². The number of anilines is 1. The summed E-state index contributed by atoms with van der Waals surface area (Å²) in [5.74, 6) is -0.507. The van der Waals surface area contributed by atoms with Crippen molar-refractivity contribution < 1.29 is 28.8 Å². The number of ether oxygens (including phenoxy) is 2. The Morgan fingerprint density at radius 2 is 1.67 bits per heavy atom. The van der Waals surface area contributed by atoms with Crippen LogP contribution in [0.4, 0.5) is 16.2 Å². The van der Waals surface area contributed by atoms with Crippen molar-refractivity contribution in [2.75, 3.05) is 26.2 Å². The molecule has 4 amide bonds. The van der Waals surface area contributed by atoms with Crippen LogP contribution in [0.15, 0.2) is 66.7 Å². The number of methoxy groups -OCH3 is 2. The van der Waals surface area contributed by atoms with E-state index in [2.05, 4.69) is 5.32 Å². The minimum Gasteiger partial charge on any atom is -0.497 e. The fourth-order valence-corrected chi connectivity index (χ4v) is 5.57. The van der Waals surface area contributed by atoms with Crippen LogP contribution in [0.1, 0.15) is 22.7 Å². The number of nitrogens with one attached hydrogen (secondary N) is 1. The molecular formula is C28H26N4O7. The maximum absolute atomic E-state index is 14.4. The van der Waals surface area contributed by atoms with Crippen LogP contribution in [0.5, 0.6) is 11.5 Å². The smallest absolute Gasteiger partial charge is 0.331 e. The number of hydrogen-bond donors (Lipinski definition) is 1. The summed E-state index contributed by atoms with van der Waals surface area (Å²) in [4.78, 5) is 55.0. The van der Waals surface area contributed by atoms with E-state index in [1.807, 2.05) is 18.2 Å². The molecule has 5 rings (SSSR count). The van der Waals surface area contributed by atoms with Gasteiger partial charge in [0.2, 0.25) is 11.8 Å². The third-order valence-electron chi connectivity index (χ3n) is 7.34. The molecule has 200 valence electrons. The summed E-state index contributed by atoms with van der Waals surface area (Å²) in [5, 5.41) is 13.9. The van der Waals surface area contributed by atoms with Gasteiger partial charge in [0.1, 0.15) is 11.5 Å². The first-order valence-electron chi connectivity index (χ1n) is 12.1. The minimum atomic E-state index is -1.78.